The molecule has 6 heteroatoms. The number of nitrogens with zero attached hydrogens (tertiary/aromatic N) is 2. The van der Waals surface area contributed by atoms with E-state index < -0.39 is 11.6 Å². The summed E-state index contributed by atoms with van der Waals surface area (Å²) in [4.78, 5) is 26.4. The average Bonchev–Trinajstić information content (AvgIpc) is 2.95. The number of carbonyl (C=O) groups excluding carboxylic acids is 2. The first-order valence-electron chi connectivity index (χ1n) is 7.75. The van der Waals surface area contributed by atoms with E-state index in [0.717, 1.165) is 22.8 Å². The molecule has 120 valence electrons. The summed E-state index contributed by atoms with van der Waals surface area (Å²) in [6, 6.07) is 9.30. The van der Waals surface area contributed by atoms with Gasteiger partial charge in [-0.3, -0.25) is 14.5 Å². The Balaban J connectivity index is 1.82. The van der Waals surface area contributed by atoms with Crippen molar-refractivity contribution in [3.8, 4) is 6.07 Å². The highest BCUT2D eigenvalue weighted by Crippen LogP contribution is 2.33. The van der Waals surface area contributed by atoms with Crippen LogP contribution in [-0.2, 0) is 16.0 Å². The summed E-state index contributed by atoms with van der Waals surface area (Å²) in [5, 5.41) is 12.5. The predicted octanol–water partition coefficient (Wildman–Crippen LogP) is 1.87. The average molecular weight is 329 g/mol. The molecule has 1 N–H and O–H groups in total. The molecule has 23 heavy (non-hydrogen) atoms. The highest BCUT2D eigenvalue weighted by Gasteiger charge is 2.41. The Hall–Kier alpha value is -2.00. The molecule has 2 aliphatic heterocycles. The minimum atomic E-state index is -0.792. The first-order chi connectivity index (χ1) is 11.1. The van der Waals surface area contributed by atoms with Gasteiger partial charge in [-0.25, -0.2) is 0 Å². The van der Waals surface area contributed by atoms with Crippen molar-refractivity contribution in [1.29, 1.82) is 5.26 Å². The van der Waals surface area contributed by atoms with Crippen LogP contribution >= 0.6 is 11.8 Å². The number of nitrogens with one attached hydrogen (secondary N) is 1. The third-order valence-corrected chi connectivity index (χ3v) is 5.53. The van der Waals surface area contributed by atoms with Gasteiger partial charge in [-0.15, -0.1) is 0 Å². The summed E-state index contributed by atoms with van der Waals surface area (Å²) in [5.41, 5.74) is 0.998. The Labute approximate surface area is 140 Å². The number of para-hydroxylation sites is 1. The number of thioether (sulfide) groups is 1. The van der Waals surface area contributed by atoms with Crippen LogP contribution in [0.3, 0.4) is 0 Å². The van der Waals surface area contributed by atoms with Gasteiger partial charge in [0.25, 0.3) is 0 Å². The van der Waals surface area contributed by atoms with E-state index in [1.807, 2.05) is 24.3 Å². The molecule has 5 nitrogen and oxygen atoms in total. The Bertz CT molecular complexity index is 677. The number of benzene rings is 1. The van der Waals surface area contributed by atoms with E-state index in [4.69, 9.17) is 0 Å². The van der Waals surface area contributed by atoms with E-state index in [9.17, 15) is 14.9 Å². The maximum Gasteiger partial charge on any atom is 0.244 e. The monoisotopic (exact) mass is 329 g/mol. The molecule has 2 heterocycles. The number of carbonyl (C=O) groups is 2. The first kappa shape index (κ1) is 15.9. The second-order valence-electron chi connectivity index (χ2n) is 6.03. The minimum Gasteiger partial charge on any atom is -0.336 e. The van der Waals surface area contributed by atoms with E-state index in [-0.39, 0.29) is 11.8 Å². The van der Waals surface area contributed by atoms with Crippen molar-refractivity contribution >= 4 is 29.3 Å². The smallest absolute Gasteiger partial charge is 0.244 e. The lowest BCUT2D eigenvalue weighted by atomic mass is 9.93. The number of fused-ring (bicyclic) bond motifs is 1. The summed E-state index contributed by atoms with van der Waals surface area (Å²) in [6.07, 6.45) is 1.80. The third-order valence-electron chi connectivity index (χ3n) is 4.54. The van der Waals surface area contributed by atoms with Crippen molar-refractivity contribution in [2.75, 3.05) is 16.4 Å². The largest absolute Gasteiger partial charge is 0.336 e. The number of rotatable bonds is 2. The molecule has 1 atom stereocenters. The zero-order valence-corrected chi connectivity index (χ0v) is 13.9. The molecule has 0 unspecified atom stereocenters. The molecule has 0 aromatic heterocycles. The highest BCUT2D eigenvalue weighted by molar-refractivity contribution is 7.99. The lowest BCUT2D eigenvalue weighted by molar-refractivity contribution is -0.126. The van der Waals surface area contributed by atoms with Crippen LogP contribution in [0.15, 0.2) is 24.3 Å². The second kappa shape index (κ2) is 6.25. The molecule has 0 spiro atoms. The summed E-state index contributed by atoms with van der Waals surface area (Å²) < 4.78 is 0. The van der Waals surface area contributed by atoms with Crippen molar-refractivity contribution in [2.45, 2.75) is 37.8 Å². The predicted molar refractivity (Wildman–Crippen MR) is 90.1 cm³/mol. The van der Waals surface area contributed by atoms with Crippen LogP contribution in [0.1, 0.15) is 25.3 Å². The molecule has 1 saturated heterocycles. The van der Waals surface area contributed by atoms with Crippen molar-refractivity contribution in [2.24, 2.45) is 0 Å². The molecule has 0 saturated carbocycles. The summed E-state index contributed by atoms with van der Waals surface area (Å²) in [7, 11) is 0. The standard InChI is InChI=1S/C17H19N3O2S/c1-12(21)20-14-5-3-2-4-13(14)10-15(20)16(22)19-17(11-18)6-8-23-9-7-17/h2-5,15H,6-10H2,1H3,(H,19,22)/t15-/m0/s1. The number of hydrogen-bond acceptors (Lipinski definition) is 4. The van der Waals surface area contributed by atoms with Crippen LogP contribution in [0.25, 0.3) is 0 Å². The lowest BCUT2D eigenvalue weighted by Gasteiger charge is -2.33. The molecule has 0 bridgehead atoms. The quantitative estimate of drug-likeness (QED) is 0.899. The van der Waals surface area contributed by atoms with Gasteiger partial charge in [0.05, 0.1) is 6.07 Å². The molecule has 3 rings (SSSR count). The fourth-order valence-corrected chi connectivity index (χ4v) is 4.48. The van der Waals surface area contributed by atoms with E-state index in [2.05, 4.69) is 11.4 Å². The fourth-order valence-electron chi connectivity index (χ4n) is 3.29. The molecule has 1 fully saturated rings. The molecular weight excluding hydrogens is 310 g/mol. The summed E-state index contributed by atoms with van der Waals surface area (Å²) in [6.45, 7) is 1.47. The van der Waals surface area contributed by atoms with Gasteiger partial charge in [0.15, 0.2) is 0 Å². The van der Waals surface area contributed by atoms with Crippen molar-refractivity contribution in [3.63, 3.8) is 0 Å². The van der Waals surface area contributed by atoms with Crippen LogP contribution in [0.2, 0.25) is 0 Å². The Morgan fingerprint density at radius 1 is 1.35 bits per heavy atom. The van der Waals surface area contributed by atoms with Gasteiger partial charge in [-0.05, 0) is 36.0 Å². The molecule has 0 aliphatic carbocycles. The summed E-state index contributed by atoms with van der Waals surface area (Å²) >= 11 is 1.80. The fraction of sp³-hybridized carbons (Fsp3) is 0.471. The van der Waals surface area contributed by atoms with Gasteiger partial charge in [0, 0.05) is 19.0 Å². The zero-order valence-electron chi connectivity index (χ0n) is 13.0. The second-order valence-corrected chi connectivity index (χ2v) is 7.26. The van der Waals surface area contributed by atoms with Crippen LogP contribution in [0.5, 0.6) is 0 Å². The van der Waals surface area contributed by atoms with Crippen molar-refractivity contribution in [3.05, 3.63) is 29.8 Å². The van der Waals surface area contributed by atoms with E-state index in [1.165, 1.54) is 6.92 Å². The zero-order chi connectivity index (χ0) is 16.4. The van der Waals surface area contributed by atoms with Crippen LogP contribution in [-0.4, -0.2) is 34.9 Å². The SMILES string of the molecule is CC(=O)N1c2ccccc2C[C@H]1C(=O)NC1(C#N)CCSCC1. The minimum absolute atomic E-state index is 0.152. The van der Waals surface area contributed by atoms with Crippen LogP contribution < -0.4 is 10.2 Å². The van der Waals surface area contributed by atoms with Crippen LogP contribution in [0, 0.1) is 11.3 Å². The molecule has 1 aromatic rings. The molecule has 2 amide bonds. The van der Waals surface area contributed by atoms with Gasteiger partial charge in [-0.2, -0.15) is 17.0 Å². The Morgan fingerprint density at radius 3 is 2.70 bits per heavy atom. The van der Waals surface area contributed by atoms with E-state index >= 15 is 0 Å². The molecular formula is C17H19N3O2S. The number of amides is 2. The maximum absolute atomic E-state index is 12.8. The van der Waals surface area contributed by atoms with E-state index in [1.54, 1.807) is 16.7 Å². The van der Waals surface area contributed by atoms with Gasteiger partial charge in [0.2, 0.25) is 11.8 Å². The topological polar surface area (TPSA) is 73.2 Å². The maximum atomic E-state index is 12.8. The molecule has 0 radical (unpaired) electrons. The van der Waals surface area contributed by atoms with Gasteiger partial charge in [-0.1, -0.05) is 18.2 Å². The molecule has 1 aromatic carbocycles. The van der Waals surface area contributed by atoms with Gasteiger partial charge >= 0.3 is 0 Å². The normalized spacial score (nSPS) is 22.1. The first-order valence-corrected chi connectivity index (χ1v) is 8.90. The molecule has 2 aliphatic rings. The summed E-state index contributed by atoms with van der Waals surface area (Å²) in [5.74, 6) is 1.36. The van der Waals surface area contributed by atoms with Gasteiger partial charge < -0.3 is 5.32 Å². The van der Waals surface area contributed by atoms with Crippen molar-refractivity contribution < 1.29 is 9.59 Å². The Kier molecular flexibility index (Phi) is 4.31. The number of nitriles is 1. The highest BCUT2D eigenvalue weighted by atomic mass is 32.2. The Morgan fingerprint density at radius 2 is 2.04 bits per heavy atom. The van der Waals surface area contributed by atoms with Crippen LogP contribution in [0.4, 0.5) is 5.69 Å². The lowest BCUT2D eigenvalue weighted by Crippen LogP contribution is -2.56. The third kappa shape index (κ3) is 2.93. The van der Waals surface area contributed by atoms with Gasteiger partial charge in [0.1, 0.15) is 11.6 Å². The van der Waals surface area contributed by atoms with Crippen molar-refractivity contribution in [1.82, 2.24) is 5.32 Å². The number of anilines is 1. The van der Waals surface area contributed by atoms with E-state index in [0.29, 0.717) is 19.3 Å². The number of hydrogen-bond donors (Lipinski definition) is 1.